The van der Waals surface area contributed by atoms with Crippen molar-refractivity contribution in [1.29, 1.82) is 0 Å². The summed E-state index contributed by atoms with van der Waals surface area (Å²) >= 11 is 1.25. The highest BCUT2D eigenvalue weighted by Gasteiger charge is 2.38. The lowest BCUT2D eigenvalue weighted by molar-refractivity contribution is -0.127. The van der Waals surface area contributed by atoms with E-state index in [-0.39, 0.29) is 30.7 Å². The summed E-state index contributed by atoms with van der Waals surface area (Å²) in [7, 11) is 2.11. The molecule has 11 nitrogen and oxygen atoms in total. The number of nitrogens with two attached hydrogens (primary N) is 1. The molecule has 1 atom stereocenters. The van der Waals surface area contributed by atoms with Gasteiger partial charge in [-0.05, 0) is 38.2 Å². The van der Waals surface area contributed by atoms with Crippen LogP contribution in [0.3, 0.4) is 0 Å². The lowest BCUT2D eigenvalue weighted by Crippen LogP contribution is -2.45. The second-order valence-electron chi connectivity index (χ2n) is 8.79. The molecule has 2 saturated heterocycles. The summed E-state index contributed by atoms with van der Waals surface area (Å²) in [5.74, 6) is -0.637. The second kappa shape index (κ2) is 13.5. The molecule has 0 aromatic heterocycles. The van der Waals surface area contributed by atoms with Crippen molar-refractivity contribution in [2.24, 2.45) is 5.73 Å². The zero-order valence-electron chi connectivity index (χ0n) is 21.0. The number of hydrogen-bond acceptors (Lipinski definition) is 9. The number of nitrogens with zero attached hydrogens (tertiary/aromatic N) is 3. The normalized spacial score (nSPS) is 20.4. The topological polar surface area (TPSA) is 143 Å². The minimum Gasteiger partial charge on any atom is -0.395 e. The molecule has 1 aromatic rings. The third kappa shape index (κ3) is 7.60. The van der Waals surface area contributed by atoms with Crippen molar-refractivity contribution in [3.8, 4) is 0 Å². The molecule has 12 heteroatoms. The van der Waals surface area contributed by atoms with Gasteiger partial charge in [-0.15, -0.1) is 0 Å². The molecule has 2 aliphatic rings. The monoisotopic (exact) mass is 519 g/mol. The Balaban J connectivity index is 1.48. The molecule has 198 valence electrons. The summed E-state index contributed by atoms with van der Waals surface area (Å²) in [6.07, 6.45) is 0.454. The van der Waals surface area contributed by atoms with Crippen LogP contribution in [0.5, 0.6) is 0 Å². The van der Waals surface area contributed by atoms with E-state index in [4.69, 9.17) is 10.8 Å². The molecule has 3 rings (SSSR count). The second-order valence-corrected chi connectivity index (χ2v) is 9.98. The van der Waals surface area contributed by atoms with Crippen LogP contribution < -0.4 is 21.7 Å². The Hall–Kier alpha value is -2.80. The molecule has 0 spiro atoms. The number of amides is 3. The van der Waals surface area contributed by atoms with E-state index < -0.39 is 11.2 Å². The summed E-state index contributed by atoms with van der Waals surface area (Å²) in [6, 6.07) is 7.36. The van der Waals surface area contributed by atoms with Crippen molar-refractivity contribution in [3.63, 3.8) is 0 Å². The molecule has 36 heavy (non-hydrogen) atoms. The standard InChI is InChI=1S/C24H37N7O4S/c1-3-31-23(35)19(36-24(31)21(25)22(34)26-9-15-32)16-27-17-4-6-18(7-5-17)28-20(33)8-10-30-13-11-29(2)12-14-30/h4-7,19,27,32H,3,8-16,25H2,1-2H3,(H,26,34)(H,28,33)/b24-21+/t19-/m1/s1. The van der Waals surface area contributed by atoms with Gasteiger partial charge in [0, 0.05) is 70.2 Å². The van der Waals surface area contributed by atoms with E-state index in [9.17, 15) is 14.4 Å². The molecule has 2 aliphatic heterocycles. The number of carbonyl (C=O) groups excluding carboxylic acids is 3. The predicted molar refractivity (Wildman–Crippen MR) is 142 cm³/mol. The maximum absolute atomic E-state index is 12.8. The highest BCUT2D eigenvalue weighted by Crippen LogP contribution is 2.36. The zero-order valence-corrected chi connectivity index (χ0v) is 21.8. The molecule has 2 heterocycles. The first-order chi connectivity index (χ1) is 17.3. The molecule has 6 N–H and O–H groups in total. The van der Waals surface area contributed by atoms with Crippen molar-refractivity contribution in [3.05, 3.63) is 35.0 Å². The average Bonchev–Trinajstić information content (AvgIpc) is 3.21. The number of aliphatic hydroxyl groups excluding tert-OH is 1. The van der Waals surface area contributed by atoms with E-state index in [1.165, 1.54) is 16.7 Å². The Labute approximate surface area is 216 Å². The average molecular weight is 520 g/mol. The van der Waals surface area contributed by atoms with Gasteiger partial charge in [0.2, 0.25) is 11.8 Å². The van der Waals surface area contributed by atoms with Gasteiger partial charge in [-0.1, -0.05) is 11.8 Å². The van der Waals surface area contributed by atoms with Gasteiger partial charge in [-0.3, -0.25) is 14.4 Å². The van der Waals surface area contributed by atoms with Crippen LogP contribution >= 0.6 is 11.8 Å². The quantitative estimate of drug-likeness (QED) is 0.253. The first-order valence-electron chi connectivity index (χ1n) is 12.2. The van der Waals surface area contributed by atoms with E-state index in [1.807, 2.05) is 31.2 Å². The van der Waals surface area contributed by atoms with E-state index in [1.54, 1.807) is 0 Å². The maximum atomic E-state index is 12.8. The molecule has 1 aromatic carbocycles. The fourth-order valence-corrected chi connectivity index (χ4v) is 5.19. The minimum atomic E-state index is -0.507. The van der Waals surface area contributed by atoms with Crippen molar-refractivity contribution >= 4 is 40.9 Å². The molecule has 0 bridgehead atoms. The Bertz CT molecular complexity index is 948. The fourth-order valence-electron chi connectivity index (χ4n) is 3.96. The number of likely N-dealkylation sites (N-methyl/N-ethyl adjacent to an activating group) is 1. The zero-order chi connectivity index (χ0) is 26.1. The number of carbonyl (C=O) groups is 3. The molecular weight excluding hydrogens is 482 g/mol. The Kier molecular flexibility index (Phi) is 10.4. The van der Waals surface area contributed by atoms with Crippen LogP contribution in [-0.2, 0) is 14.4 Å². The van der Waals surface area contributed by atoms with Crippen LogP contribution in [0.2, 0.25) is 0 Å². The highest BCUT2D eigenvalue weighted by atomic mass is 32.2. The van der Waals surface area contributed by atoms with Crippen LogP contribution in [0.4, 0.5) is 11.4 Å². The number of benzene rings is 1. The van der Waals surface area contributed by atoms with Crippen LogP contribution in [-0.4, -0.2) is 109 Å². The number of hydrogen-bond donors (Lipinski definition) is 5. The minimum absolute atomic E-state index is 0.0119. The molecule has 3 amide bonds. The SMILES string of the molecule is CCN1C(=O)[C@@H](CNc2ccc(NC(=O)CCN3CCN(C)CC3)cc2)S/C1=C(/N)C(=O)NCCO. The third-order valence-electron chi connectivity index (χ3n) is 6.14. The van der Waals surface area contributed by atoms with Gasteiger partial charge in [0.05, 0.1) is 6.61 Å². The lowest BCUT2D eigenvalue weighted by atomic mass is 10.2. The molecule has 0 radical (unpaired) electrons. The third-order valence-corrected chi connectivity index (χ3v) is 7.46. The Morgan fingerprint density at radius 3 is 2.44 bits per heavy atom. The first-order valence-corrected chi connectivity index (χ1v) is 13.1. The van der Waals surface area contributed by atoms with Crippen molar-refractivity contribution < 1.29 is 19.5 Å². The smallest absolute Gasteiger partial charge is 0.269 e. The number of rotatable bonds is 11. The number of anilines is 2. The van der Waals surface area contributed by atoms with E-state index in [0.717, 1.165) is 44.1 Å². The van der Waals surface area contributed by atoms with E-state index in [0.29, 0.717) is 24.5 Å². The van der Waals surface area contributed by atoms with Gasteiger partial charge in [0.15, 0.2) is 0 Å². The summed E-state index contributed by atoms with van der Waals surface area (Å²) in [5.41, 5.74) is 7.50. The summed E-state index contributed by atoms with van der Waals surface area (Å²) in [5, 5.41) is 17.6. The van der Waals surface area contributed by atoms with Crippen LogP contribution in [0, 0.1) is 0 Å². The number of nitrogens with one attached hydrogen (secondary N) is 3. The number of thioether (sulfide) groups is 1. The molecule has 0 aliphatic carbocycles. The van der Waals surface area contributed by atoms with Crippen LogP contribution in [0.25, 0.3) is 0 Å². The van der Waals surface area contributed by atoms with Crippen molar-refractivity contribution in [2.75, 3.05) is 76.6 Å². The van der Waals surface area contributed by atoms with Crippen molar-refractivity contribution in [2.45, 2.75) is 18.6 Å². The lowest BCUT2D eigenvalue weighted by Gasteiger charge is -2.32. The molecule has 0 unspecified atom stereocenters. The van der Waals surface area contributed by atoms with Crippen LogP contribution in [0.1, 0.15) is 13.3 Å². The summed E-state index contributed by atoms with van der Waals surface area (Å²) < 4.78 is 0. The summed E-state index contributed by atoms with van der Waals surface area (Å²) in [4.78, 5) is 43.4. The Morgan fingerprint density at radius 2 is 1.81 bits per heavy atom. The van der Waals surface area contributed by atoms with Gasteiger partial charge in [-0.2, -0.15) is 0 Å². The largest absolute Gasteiger partial charge is 0.395 e. The van der Waals surface area contributed by atoms with Crippen molar-refractivity contribution in [1.82, 2.24) is 20.0 Å². The number of piperazine rings is 1. The molecule has 0 saturated carbocycles. The molecular formula is C24H37N7O4S. The first kappa shape index (κ1) is 27.8. The maximum Gasteiger partial charge on any atom is 0.269 e. The summed E-state index contributed by atoms with van der Waals surface area (Å²) in [6.45, 7) is 7.27. The predicted octanol–water partition coefficient (Wildman–Crippen LogP) is -0.125. The van der Waals surface area contributed by atoms with Crippen LogP contribution in [0.15, 0.2) is 35.0 Å². The highest BCUT2D eigenvalue weighted by molar-refractivity contribution is 8.04. The van der Waals surface area contributed by atoms with E-state index >= 15 is 0 Å². The van der Waals surface area contributed by atoms with Gasteiger partial charge < -0.3 is 41.5 Å². The van der Waals surface area contributed by atoms with Gasteiger partial charge in [-0.25, -0.2) is 0 Å². The van der Waals surface area contributed by atoms with Gasteiger partial charge in [0.25, 0.3) is 5.91 Å². The van der Waals surface area contributed by atoms with E-state index in [2.05, 4.69) is 32.8 Å². The van der Waals surface area contributed by atoms with Gasteiger partial charge in [0.1, 0.15) is 16.0 Å². The molecule has 2 fully saturated rings. The Morgan fingerprint density at radius 1 is 1.14 bits per heavy atom. The fraction of sp³-hybridized carbons (Fsp3) is 0.542. The number of aliphatic hydroxyl groups is 1. The van der Waals surface area contributed by atoms with Gasteiger partial charge >= 0.3 is 0 Å².